The molecule has 1 N–H and O–H groups in total. The molecule has 1 aromatic carbocycles. The quantitative estimate of drug-likeness (QED) is 0.489. The predicted molar refractivity (Wildman–Crippen MR) is 118 cm³/mol. The van der Waals surface area contributed by atoms with Gasteiger partial charge in [-0.1, -0.05) is 6.92 Å². The average Bonchev–Trinajstić information content (AvgIpc) is 3.23. The Hall–Kier alpha value is -2.25. The van der Waals surface area contributed by atoms with Gasteiger partial charge in [0.15, 0.2) is 0 Å². The largest absolute Gasteiger partial charge is 0.325 e. The van der Waals surface area contributed by atoms with Crippen LogP contribution in [0.15, 0.2) is 23.0 Å². The molecule has 0 saturated carbocycles. The minimum Gasteiger partial charge on any atom is -0.325 e. The zero-order chi connectivity index (χ0) is 19.3. The summed E-state index contributed by atoms with van der Waals surface area (Å²) in [6, 6.07) is 6.12. The SMILES string of the molecule is CCCn1c(Nc2ccc3nc(C)sc3c2)nc2sc3c(c2c1=O)CCCC3. The van der Waals surface area contributed by atoms with Crippen molar-refractivity contribution in [2.24, 2.45) is 0 Å². The Morgan fingerprint density at radius 3 is 2.89 bits per heavy atom. The second-order valence-electron chi connectivity index (χ2n) is 7.32. The zero-order valence-electron chi connectivity index (χ0n) is 16.0. The fraction of sp³-hybridized carbons (Fsp3) is 0.381. The van der Waals surface area contributed by atoms with E-state index in [1.807, 2.05) is 23.6 Å². The first kappa shape index (κ1) is 17.8. The molecule has 0 saturated heterocycles. The molecule has 0 spiro atoms. The van der Waals surface area contributed by atoms with Crippen LogP contribution in [0.4, 0.5) is 11.6 Å². The van der Waals surface area contributed by atoms with Gasteiger partial charge in [-0.3, -0.25) is 9.36 Å². The first-order valence-corrected chi connectivity index (χ1v) is 11.5. The number of anilines is 2. The molecule has 0 unspecified atom stereocenters. The number of rotatable bonds is 4. The Bertz CT molecular complexity index is 1250. The smallest absolute Gasteiger partial charge is 0.263 e. The molecule has 3 aromatic heterocycles. The van der Waals surface area contributed by atoms with E-state index in [0.717, 1.165) is 50.4 Å². The van der Waals surface area contributed by atoms with Crippen LogP contribution in [0, 0.1) is 6.92 Å². The van der Waals surface area contributed by atoms with Crippen LogP contribution in [0.2, 0.25) is 0 Å². The third-order valence-corrected chi connectivity index (χ3v) is 7.39. The summed E-state index contributed by atoms with van der Waals surface area (Å²) in [5, 5.41) is 5.32. The Labute approximate surface area is 171 Å². The molecule has 0 bridgehead atoms. The summed E-state index contributed by atoms with van der Waals surface area (Å²) in [5.74, 6) is 0.638. The molecule has 28 heavy (non-hydrogen) atoms. The number of fused-ring (bicyclic) bond motifs is 4. The molecular formula is C21H22N4OS2. The van der Waals surface area contributed by atoms with Crippen molar-refractivity contribution in [2.45, 2.75) is 52.5 Å². The third kappa shape index (κ3) is 2.93. The van der Waals surface area contributed by atoms with Gasteiger partial charge in [-0.05, 0) is 62.8 Å². The summed E-state index contributed by atoms with van der Waals surface area (Å²) in [4.78, 5) is 25.0. The third-order valence-electron chi connectivity index (χ3n) is 5.27. The molecule has 144 valence electrons. The van der Waals surface area contributed by atoms with Gasteiger partial charge in [-0.15, -0.1) is 22.7 Å². The van der Waals surface area contributed by atoms with Crippen LogP contribution in [0.3, 0.4) is 0 Å². The van der Waals surface area contributed by atoms with Crippen LogP contribution < -0.4 is 10.9 Å². The van der Waals surface area contributed by atoms with Crippen molar-refractivity contribution in [1.29, 1.82) is 0 Å². The molecular weight excluding hydrogens is 388 g/mol. The van der Waals surface area contributed by atoms with Crippen molar-refractivity contribution in [3.63, 3.8) is 0 Å². The van der Waals surface area contributed by atoms with Crippen LogP contribution in [0.25, 0.3) is 20.4 Å². The molecule has 0 amide bonds. The zero-order valence-corrected chi connectivity index (χ0v) is 17.7. The van der Waals surface area contributed by atoms with Crippen LogP contribution in [-0.2, 0) is 19.4 Å². The maximum atomic E-state index is 13.4. The van der Waals surface area contributed by atoms with E-state index in [1.54, 1.807) is 22.7 Å². The van der Waals surface area contributed by atoms with E-state index < -0.39 is 0 Å². The molecule has 4 aromatic rings. The lowest BCUT2D eigenvalue weighted by atomic mass is 9.97. The molecule has 0 fully saturated rings. The highest BCUT2D eigenvalue weighted by molar-refractivity contribution is 7.19. The van der Waals surface area contributed by atoms with Crippen molar-refractivity contribution < 1.29 is 0 Å². The predicted octanol–water partition coefficient (Wildman–Crippen LogP) is 5.41. The van der Waals surface area contributed by atoms with E-state index >= 15 is 0 Å². The minimum atomic E-state index is 0.100. The number of benzene rings is 1. The maximum Gasteiger partial charge on any atom is 0.263 e. The summed E-state index contributed by atoms with van der Waals surface area (Å²) in [6.45, 7) is 4.77. The van der Waals surface area contributed by atoms with Gasteiger partial charge in [0, 0.05) is 17.1 Å². The molecule has 7 heteroatoms. The summed E-state index contributed by atoms with van der Waals surface area (Å²) in [7, 11) is 0. The molecule has 0 aliphatic heterocycles. The van der Waals surface area contributed by atoms with E-state index in [9.17, 15) is 4.79 Å². The molecule has 5 nitrogen and oxygen atoms in total. The van der Waals surface area contributed by atoms with Crippen molar-refractivity contribution in [2.75, 3.05) is 5.32 Å². The fourth-order valence-corrected chi connectivity index (χ4v) is 6.13. The fourth-order valence-electron chi connectivity index (χ4n) is 4.01. The van der Waals surface area contributed by atoms with E-state index in [0.29, 0.717) is 12.5 Å². The molecule has 0 radical (unpaired) electrons. The number of aromatic nitrogens is 3. The van der Waals surface area contributed by atoms with Crippen LogP contribution in [0.1, 0.15) is 41.6 Å². The van der Waals surface area contributed by atoms with E-state index in [2.05, 4.69) is 23.3 Å². The van der Waals surface area contributed by atoms with E-state index in [4.69, 9.17) is 4.98 Å². The second kappa shape index (κ2) is 6.97. The van der Waals surface area contributed by atoms with Crippen LogP contribution in [0.5, 0.6) is 0 Å². The minimum absolute atomic E-state index is 0.100. The lowest BCUT2D eigenvalue weighted by Crippen LogP contribution is -2.24. The van der Waals surface area contributed by atoms with Crippen molar-refractivity contribution in [3.05, 3.63) is 44.0 Å². The van der Waals surface area contributed by atoms with E-state index in [-0.39, 0.29) is 5.56 Å². The number of aryl methyl sites for hydroxylation is 3. The molecule has 1 aliphatic carbocycles. The highest BCUT2D eigenvalue weighted by Gasteiger charge is 2.22. The second-order valence-corrected chi connectivity index (χ2v) is 9.64. The van der Waals surface area contributed by atoms with Crippen molar-refractivity contribution in [1.82, 2.24) is 14.5 Å². The molecule has 0 atom stereocenters. The van der Waals surface area contributed by atoms with Gasteiger partial charge in [0.05, 0.1) is 20.6 Å². The highest BCUT2D eigenvalue weighted by Crippen LogP contribution is 2.35. The number of hydrogen-bond acceptors (Lipinski definition) is 6. The van der Waals surface area contributed by atoms with Gasteiger partial charge in [0.2, 0.25) is 5.95 Å². The number of thiazole rings is 1. The lowest BCUT2D eigenvalue weighted by Gasteiger charge is -2.14. The molecule has 3 heterocycles. The Morgan fingerprint density at radius 1 is 1.18 bits per heavy atom. The average molecular weight is 411 g/mol. The van der Waals surface area contributed by atoms with Gasteiger partial charge in [0.1, 0.15) is 4.83 Å². The highest BCUT2D eigenvalue weighted by atomic mass is 32.1. The summed E-state index contributed by atoms with van der Waals surface area (Å²) >= 11 is 3.38. The maximum absolute atomic E-state index is 13.4. The van der Waals surface area contributed by atoms with Gasteiger partial charge >= 0.3 is 0 Å². The van der Waals surface area contributed by atoms with Crippen molar-refractivity contribution >= 4 is 54.7 Å². The summed E-state index contributed by atoms with van der Waals surface area (Å²) in [6.07, 6.45) is 5.35. The monoisotopic (exact) mass is 410 g/mol. The molecule has 5 rings (SSSR count). The summed E-state index contributed by atoms with van der Waals surface area (Å²) < 4.78 is 2.95. The first-order valence-electron chi connectivity index (χ1n) is 9.83. The van der Waals surface area contributed by atoms with Gasteiger partial charge in [-0.25, -0.2) is 9.97 Å². The Balaban J connectivity index is 1.64. The standard InChI is InChI=1S/C21H22N4OS2/c1-3-10-25-20(26)18-14-6-4-5-7-16(14)28-19(18)24-21(25)23-13-8-9-15-17(11-13)27-12(2)22-15/h8-9,11H,3-7,10H2,1-2H3,(H,23,24). The van der Waals surface area contributed by atoms with Crippen LogP contribution in [-0.4, -0.2) is 14.5 Å². The van der Waals surface area contributed by atoms with Gasteiger partial charge < -0.3 is 5.32 Å². The van der Waals surface area contributed by atoms with Gasteiger partial charge in [-0.2, -0.15) is 0 Å². The molecule has 1 aliphatic rings. The first-order chi connectivity index (χ1) is 13.6. The summed E-state index contributed by atoms with van der Waals surface area (Å²) in [5.41, 5.74) is 3.30. The number of hydrogen-bond donors (Lipinski definition) is 1. The topological polar surface area (TPSA) is 59.8 Å². The normalized spacial score (nSPS) is 13.9. The Kier molecular flexibility index (Phi) is 4.44. The number of nitrogens with zero attached hydrogens (tertiary/aromatic N) is 3. The van der Waals surface area contributed by atoms with Crippen molar-refractivity contribution in [3.8, 4) is 0 Å². The number of nitrogens with one attached hydrogen (secondary N) is 1. The van der Waals surface area contributed by atoms with Crippen LogP contribution >= 0.6 is 22.7 Å². The number of thiophene rings is 1. The lowest BCUT2D eigenvalue weighted by molar-refractivity contribution is 0.655. The Morgan fingerprint density at radius 2 is 2.04 bits per heavy atom. The van der Waals surface area contributed by atoms with Gasteiger partial charge in [0.25, 0.3) is 5.56 Å². The van der Waals surface area contributed by atoms with E-state index in [1.165, 1.54) is 23.3 Å².